The summed E-state index contributed by atoms with van der Waals surface area (Å²) in [5, 5.41) is 8.49. The van der Waals surface area contributed by atoms with Gasteiger partial charge in [-0.1, -0.05) is 19.8 Å². The van der Waals surface area contributed by atoms with Gasteiger partial charge < -0.3 is 0 Å². The van der Waals surface area contributed by atoms with Crippen LogP contribution in [-0.2, 0) is 4.79 Å². The summed E-state index contributed by atoms with van der Waals surface area (Å²) in [5.41, 5.74) is 1.96. The minimum atomic E-state index is -0.583. The maximum atomic E-state index is 10.8. The fourth-order valence-electron chi connectivity index (χ4n) is 0.763. The minimum absolute atomic E-state index is 0.388. The molecule has 0 aromatic heterocycles. The number of nitriles is 1. The van der Waals surface area contributed by atoms with Crippen molar-refractivity contribution in [2.75, 3.05) is 0 Å². The smallest absolute Gasteiger partial charge is 0.251 e. The lowest BCUT2D eigenvalue weighted by atomic mass is 10.0. The first kappa shape index (κ1) is 9.92. The highest BCUT2D eigenvalue weighted by atomic mass is 16.2. The van der Waals surface area contributed by atoms with Crippen LogP contribution < -0.4 is 11.3 Å². The summed E-state index contributed by atoms with van der Waals surface area (Å²) in [4.78, 5) is 10.8. The van der Waals surface area contributed by atoms with Gasteiger partial charge in [-0.2, -0.15) is 5.26 Å². The van der Waals surface area contributed by atoms with Crippen LogP contribution in [-0.4, -0.2) is 5.91 Å². The van der Waals surface area contributed by atoms with Crippen molar-refractivity contribution in [3.8, 4) is 6.07 Å². The number of nitrogens with one attached hydrogen (secondary N) is 1. The fraction of sp³-hybridized carbons (Fsp3) is 0.714. The number of carbonyl (C=O) groups is 1. The molecule has 1 unspecified atom stereocenters. The number of carbonyl (C=O) groups excluding carboxylic acids is 1. The Hall–Kier alpha value is -1.08. The van der Waals surface area contributed by atoms with E-state index in [1.165, 1.54) is 0 Å². The summed E-state index contributed by atoms with van der Waals surface area (Å²) >= 11 is 0. The largest absolute Gasteiger partial charge is 0.293 e. The van der Waals surface area contributed by atoms with E-state index in [0.29, 0.717) is 6.42 Å². The quantitative estimate of drug-likeness (QED) is 0.348. The highest BCUT2D eigenvalue weighted by molar-refractivity contribution is 5.80. The number of nitrogens with zero attached hydrogens (tertiary/aromatic N) is 1. The predicted octanol–water partition coefficient (Wildman–Crippen LogP) is 0.306. The molecule has 0 aromatic rings. The van der Waals surface area contributed by atoms with Crippen LogP contribution >= 0.6 is 0 Å². The summed E-state index contributed by atoms with van der Waals surface area (Å²) in [6, 6.07) is 1.90. The Morgan fingerprint density at radius 3 is 2.82 bits per heavy atom. The van der Waals surface area contributed by atoms with E-state index in [-0.39, 0.29) is 5.91 Å². The van der Waals surface area contributed by atoms with Crippen LogP contribution in [0.2, 0.25) is 0 Å². The lowest BCUT2D eigenvalue weighted by molar-refractivity contribution is -0.123. The van der Waals surface area contributed by atoms with Gasteiger partial charge in [-0.05, 0) is 6.42 Å². The van der Waals surface area contributed by atoms with Crippen molar-refractivity contribution >= 4 is 5.91 Å². The Labute approximate surface area is 66.3 Å². The first-order valence-corrected chi connectivity index (χ1v) is 3.66. The maximum absolute atomic E-state index is 10.8. The molecule has 1 atom stereocenters. The molecule has 0 saturated carbocycles. The number of hydrogen-bond acceptors (Lipinski definition) is 3. The second-order valence-corrected chi connectivity index (χ2v) is 2.33. The number of rotatable bonds is 4. The molecule has 0 spiro atoms. The number of unbranched alkanes of at least 4 members (excludes halogenated alkanes) is 1. The number of hydrazine groups is 1. The summed E-state index contributed by atoms with van der Waals surface area (Å²) in [5.74, 6) is 3.90. The van der Waals surface area contributed by atoms with Gasteiger partial charge in [0.2, 0.25) is 0 Å². The first-order valence-electron chi connectivity index (χ1n) is 3.66. The van der Waals surface area contributed by atoms with Crippen LogP contribution in [0.3, 0.4) is 0 Å². The van der Waals surface area contributed by atoms with E-state index in [1.54, 1.807) is 0 Å². The molecule has 62 valence electrons. The summed E-state index contributed by atoms with van der Waals surface area (Å²) in [7, 11) is 0. The zero-order chi connectivity index (χ0) is 8.69. The number of hydrogen-bond donors (Lipinski definition) is 2. The topological polar surface area (TPSA) is 78.9 Å². The van der Waals surface area contributed by atoms with E-state index in [2.05, 4.69) is 0 Å². The molecule has 0 aliphatic carbocycles. The molecule has 0 rings (SSSR count). The van der Waals surface area contributed by atoms with Gasteiger partial charge in [0.05, 0.1) is 6.07 Å². The van der Waals surface area contributed by atoms with Crippen LogP contribution in [0.25, 0.3) is 0 Å². The average Bonchev–Trinajstić information content (AvgIpc) is 2.05. The Balaban J connectivity index is 3.78. The van der Waals surface area contributed by atoms with Crippen LogP contribution in [0.4, 0.5) is 0 Å². The average molecular weight is 155 g/mol. The molecule has 11 heavy (non-hydrogen) atoms. The molecule has 0 aromatic carbocycles. The van der Waals surface area contributed by atoms with Crippen molar-refractivity contribution in [1.29, 1.82) is 5.26 Å². The molecule has 3 N–H and O–H groups in total. The Morgan fingerprint density at radius 2 is 2.45 bits per heavy atom. The van der Waals surface area contributed by atoms with Gasteiger partial charge >= 0.3 is 0 Å². The third kappa shape index (κ3) is 3.58. The molecular formula is C7H13N3O. The highest BCUT2D eigenvalue weighted by Crippen LogP contribution is 2.06. The molecule has 0 radical (unpaired) electrons. The van der Waals surface area contributed by atoms with E-state index in [0.717, 1.165) is 12.8 Å². The fourth-order valence-corrected chi connectivity index (χ4v) is 0.763. The summed E-state index contributed by atoms with van der Waals surface area (Å²) < 4.78 is 0. The van der Waals surface area contributed by atoms with Crippen LogP contribution in [0, 0.1) is 17.2 Å². The Morgan fingerprint density at radius 1 is 1.82 bits per heavy atom. The third-order valence-corrected chi connectivity index (χ3v) is 1.46. The van der Waals surface area contributed by atoms with Crippen molar-refractivity contribution in [2.24, 2.45) is 11.8 Å². The predicted molar refractivity (Wildman–Crippen MR) is 41.0 cm³/mol. The van der Waals surface area contributed by atoms with Crippen LogP contribution in [0.1, 0.15) is 26.2 Å². The van der Waals surface area contributed by atoms with Gasteiger partial charge in [0.15, 0.2) is 0 Å². The molecule has 0 aliphatic heterocycles. The zero-order valence-corrected chi connectivity index (χ0v) is 6.63. The normalized spacial score (nSPS) is 11.7. The molecule has 0 fully saturated rings. The molecule has 0 heterocycles. The van der Waals surface area contributed by atoms with Crippen LogP contribution in [0.5, 0.6) is 0 Å². The molecular weight excluding hydrogens is 142 g/mol. The van der Waals surface area contributed by atoms with Gasteiger partial charge in [-0.3, -0.25) is 10.2 Å². The lowest BCUT2D eigenvalue weighted by Gasteiger charge is -2.04. The van der Waals surface area contributed by atoms with Crippen molar-refractivity contribution in [3.05, 3.63) is 0 Å². The van der Waals surface area contributed by atoms with Crippen molar-refractivity contribution in [3.63, 3.8) is 0 Å². The van der Waals surface area contributed by atoms with Crippen molar-refractivity contribution in [2.45, 2.75) is 26.2 Å². The van der Waals surface area contributed by atoms with Gasteiger partial charge in [0.25, 0.3) is 5.91 Å². The number of amides is 1. The lowest BCUT2D eigenvalue weighted by Crippen LogP contribution is -2.35. The molecule has 0 bridgehead atoms. The van der Waals surface area contributed by atoms with E-state index in [9.17, 15) is 4.79 Å². The summed E-state index contributed by atoms with van der Waals surface area (Å²) in [6.07, 6.45) is 2.46. The molecule has 4 nitrogen and oxygen atoms in total. The van der Waals surface area contributed by atoms with E-state index < -0.39 is 5.92 Å². The van der Waals surface area contributed by atoms with Crippen molar-refractivity contribution < 1.29 is 4.79 Å². The Bertz CT molecular complexity index is 162. The van der Waals surface area contributed by atoms with E-state index >= 15 is 0 Å². The van der Waals surface area contributed by atoms with Crippen LogP contribution in [0.15, 0.2) is 0 Å². The standard InChI is InChI=1S/C7H13N3O/c1-2-3-4-6(5-8)7(11)10-9/h6H,2-4,9H2,1H3,(H,10,11). The third-order valence-electron chi connectivity index (χ3n) is 1.46. The highest BCUT2D eigenvalue weighted by Gasteiger charge is 2.14. The second kappa shape index (κ2) is 5.69. The first-order chi connectivity index (χ1) is 5.26. The minimum Gasteiger partial charge on any atom is -0.293 e. The van der Waals surface area contributed by atoms with Crippen molar-refractivity contribution in [1.82, 2.24) is 5.43 Å². The van der Waals surface area contributed by atoms with Gasteiger partial charge in [0, 0.05) is 0 Å². The zero-order valence-electron chi connectivity index (χ0n) is 6.63. The Kier molecular flexibility index (Phi) is 5.13. The summed E-state index contributed by atoms with van der Waals surface area (Å²) in [6.45, 7) is 2.01. The van der Waals surface area contributed by atoms with E-state index in [4.69, 9.17) is 11.1 Å². The molecule has 1 amide bonds. The number of nitrogens with two attached hydrogens (primary N) is 1. The molecule has 0 aliphatic rings. The molecule has 4 heteroatoms. The van der Waals surface area contributed by atoms with Gasteiger partial charge in [-0.25, -0.2) is 5.84 Å². The van der Waals surface area contributed by atoms with Gasteiger partial charge in [-0.15, -0.1) is 0 Å². The monoisotopic (exact) mass is 155 g/mol. The van der Waals surface area contributed by atoms with E-state index in [1.807, 2.05) is 18.4 Å². The molecule has 0 saturated heterocycles. The van der Waals surface area contributed by atoms with Gasteiger partial charge in [0.1, 0.15) is 5.92 Å². The second-order valence-electron chi connectivity index (χ2n) is 2.33. The SMILES string of the molecule is CCCCC(C#N)C(=O)NN. The maximum Gasteiger partial charge on any atom is 0.251 e.